The van der Waals surface area contributed by atoms with Gasteiger partial charge in [0.2, 0.25) is 0 Å². The molecule has 0 saturated carbocycles. The lowest BCUT2D eigenvalue weighted by atomic mass is 10.1. The van der Waals surface area contributed by atoms with Gasteiger partial charge in [-0.05, 0) is 22.9 Å². The summed E-state index contributed by atoms with van der Waals surface area (Å²) in [7, 11) is 4.81. The summed E-state index contributed by atoms with van der Waals surface area (Å²) in [5, 5.41) is 3.22. The molecule has 2 aromatic carbocycles. The molecule has 0 amide bonds. The molecule has 0 aliphatic rings. The Labute approximate surface area is 108 Å². The molecule has 0 saturated heterocycles. The maximum Gasteiger partial charge on any atom is 0.317 e. The first-order valence-corrected chi connectivity index (χ1v) is 7.66. The van der Waals surface area contributed by atoms with Gasteiger partial charge >= 0.3 is 8.26 Å². The second kappa shape index (κ2) is 5.73. The van der Waals surface area contributed by atoms with Gasteiger partial charge in [0, 0.05) is 26.4 Å². The van der Waals surface area contributed by atoms with Crippen LogP contribution in [0, 0.1) is 0 Å². The van der Waals surface area contributed by atoms with E-state index in [-0.39, 0.29) is 0 Å². The zero-order valence-corrected chi connectivity index (χ0v) is 11.0. The molecule has 86 valence electrons. The molecule has 2 nitrogen and oxygen atoms in total. The minimum Gasteiger partial charge on any atom is -0.195 e. The third kappa shape index (κ3) is 5.56. The molecule has 0 aromatic heterocycles. The van der Waals surface area contributed by atoms with Crippen molar-refractivity contribution in [3.05, 3.63) is 47.5 Å². The van der Waals surface area contributed by atoms with Gasteiger partial charge in [0.05, 0.1) is 0 Å². The van der Waals surface area contributed by atoms with Gasteiger partial charge in [0.1, 0.15) is 0 Å². The van der Waals surface area contributed by atoms with Gasteiger partial charge in [-0.25, -0.2) is 0 Å². The molecule has 0 aliphatic carbocycles. The molecule has 0 unspecified atom stereocenters. The average molecular weight is 298 g/mol. The summed E-state index contributed by atoms with van der Waals surface area (Å²) in [6, 6.07) is 14.1. The maximum atomic E-state index is 9.16. The largest absolute Gasteiger partial charge is 0.317 e. The van der Waals surface area contributed by atoms with Crippen LogP contribution in [0.3, 0.4) is 0 Å². The summed E-state index contributed by atoms with van der Waals surface area (Å²) in [5.41, 5.74) is 0. The lowest BCUT2D eigenvalue weighted by Crippen LogP contribution is -1.69. The molecule has 0 atom stereocenters. The second-order valence-electron chi connectivity index (χ2n) is 2.87. The van der Waals surface area contributed by atoms with Gasteiger partial charge in [-0.15, -0.1) is 0 Å². The van der Waals surface area contributed by atoms with Crippen LogP contribution in [0.4, 0.5) is 0 Å². The molecule has 2 aromatic rings. The zero-order valence-electron chi connectivity index (χ0n) is 7.90. The third-order valence-corrected chi connectivity index (χ3v) is 1.95. The van der Waals surface area contributed by atoms with Crippen molar-refractivity contribution in [2.75, 3.05) is 0 Å². The monoisotopic (exact) mass is 296 g/mol. The molecule has 0 heterocycles. The molecule has 0 bridgehead atoms. The standard InChI is InChI=1S/C10H7Cl.Cl2O2S/c11-10-6-5-8-3-1-2-4-9(8)7-10;1-5(2,3)4/h1-7H;. The number of rotatable bonds is 0. The number of benzene rings is 2. The van der Waals surface area contributed by atoms with Crippen LogP contribution in [0.25, 0.3) is 10.8 Å². The van der Waals surface area contributed by atoms with Crippen molar-refractivity contribution in [2.24, 2.45) is 0 Å². The second-order valence-corrected chi connectivity index (χ2v) is 6.97. The smallest absolute Gasteiger partial charge is 0.195 e. The highest BCUT2D eigenvalue weighted by Crippen LogP contribution is 2.18. The number of hydrogen-bond donors (Lipinski definition) is 0. The van der Waals surface area contributed by atoms with Crippen LogP contribution in [-0.4, -0.2) is 8.42 Å². The Hall–Kier alpha value is -0.480. The lowest BCUT2D eigenvalue weighted by molar-refractivity contribution is 0.621. The molecule has 6 heteroatoms. The Morgan fingerprint density at radius 1 is 0.875 bits per heavy atom. The SMILES string of the molecule is Clc1ccc2ccccc2c1.O=S(=O)(Cl)Cl. The van der Waals surface area contributed by atoms with Crippen LogP contribution in [0.5, 0.6) is 0 Å². The highest BCUT2D eigenvalue weighted by Gasteiger charge is 1.91. The molecule has 0 fully saturated rings. The Morgan fingerprint density at radius 2 is 1.38 bits per heavy atom. The van der Waals surface area contributed by atoms with Crippen LogP contribution in [0.1, 0.15) is 0 Å². The molecule has 2 rings (SSSR count). The third-order valence-electron chi connectivity index (χ3n) is 1.71. The van der Waals surface area contributed by atoms with E-state index in [1.807, 2.05) is 30.3 Å². The van der Waals surface area contributed by atoms with Crippen molar-refractivity contribution < 1.29 is 8.42 Å². The van der Waals surface area contributed by atoms with Gasteiger partial charge in [-0.1, -0.05) is 41.9 Å². The van der Waals surface area contributed by atoms with Crippen molar-refractivity contribution in [3.8, 4) is 0 Å². The molecule has 0 radical (unpaired) electrons. The molecular weight excluding hydrogens is 291 g/mol. The predicted molar refractivity (Wildman–Crippen MR) is 69.6 cm³/mol. The van der Waals surface area contributed by atoms with Gasteiger partial charge in [-0.2, -0.15) is 8.42 Å². The van der Waals surface area contributed by atoms with Crippen LogP contribution >= 0.6 is 33.0 Å². The summed E-state index contributed by atoms with van der Waals surface area (Å²) >= 11 is 5.82. The first-order chi connectivity index (χ1) is 7.36. The molecule has 16 heavy (non-hydrogen) atoms. The van der Waals surface area contributed by atoms with Crippen molar-refractivity contribution >= 4 is 52.0 Å². The summed E-state index contributed by atoms with van der Waals surface area (Å²) in [6.45, 7) is 0. The fourth-order valence-corrected chi connectivity index (χ4v) is 1.34. The van der Waals surface area contributed by atoms with Gasteiger partial charge in [0.25, 0.3) is 0 Å². The van der Waals surface area contributed by atoms with E-state index in [4.69, 9.17) is 20.0 Å². The minimum absolute atomic E-state index is 0.795. The number of halogens is 3. The Balaban J connectivity index is 0.000000221. The summed E-state index contributed by atoms with van der Waals surface area (Å²) in [6.07, 6.45) is 0. The van der Waals surface area contributed by atoms with E-state index in [1.165, 1.54) is 10.8 Å². The van der Waals surface area contributed by atoms with E-state index in [0.717, 1.165) is 5.02 Å². The normalized spacial score (nSPS) is 10.7. The quantitative estimate of drug-likeness (QED) is 0.683. The zero-order chi connectivity index (χ0) is 12.2. The Kier molecular flexibility index (Phi) is 4.87. The first kappa shape index (κ1) is 13.6. The van der Waals surface area contributed by atoms with Crippen molar-refractivity contribution in [3.63, 3.8) is 0 Å². The van der Waals surface area contributed by atoms with Crippen LogP contribution < -0.4 is 0 Å². The van der Waals surface area contributed by atoms with Crippen molar-refractivity contribution in [1.82, 2.24) is 0 Å². The highest BCUT2D eigenvalue weighted by molar-refractivity contribution is 8.31. The van der Waals surface area contributed by atoms with E-state index in [1.54, 1.807) is 0 Å². The van der Waals surface area contributed by atoms with Crippen LogP contribution in [0.2, 0.25) is 5.02 Å². The van der Waals surface area contributed by atoms with E-state index in [0.29, 0.717) is 0 Å². The van der Waals surface area contributed by atoms with Crippen molar-refractivity contribution in [1.29, 1.82) is 0 Å². The van der Waals surface area contributed by atoms with Crippen LogP contribution in [-0.2, 0) is 8.26 Å². The Morgan fingerprint density at radius 3 is 1.94 bits per heavy atom. The van der Waals surface area contributed by atoms with E-state index >= 15 is 0 Å². The maximum absolute atomic E-state index is 9.16. The average Bonchev–Trinajstić information content (AvgIpc) is 2.15. The Bertz CT molecular complexity index is 573. The predicted octanol–water partition coefficient (Wildman–Crippen LogP) is 4.20. The fourth-order valence-electron chi connectivity index (χ4n) is 1.16. The minimum atomic E-state index is -3.72. The lowest BCUT2D eigenvalue weighted by Gasteiger charge is -1.95. The van der Waals surface area contributed by atoms with Crippen molar-refractivity contribution in [2.45, 2.75) is 0 Å². The molecular formula is C10H7Cl3O2S. The van der Waals surface area contributed by atoms with Gasteiger partial charge in [-0.3, -0.25) is 0 Å². The first-order valence-electron chi connectivity index (χ1n) is 4.15. The topological polar surface area (TPSA) is 34.1 Å². The van der Waals surface area contributed by atoms with Gasteiger partial charge < -0.3 is 0 Å². The summed E-state index contributed by atoms with van der Waals surface area (Å²) < 4.78 is 18.3. The summed E-state index contributed by atoms with van der Waals surface area (Å²) in [4.78, 5) is 0. The highest BCUT2D eigenvalue weighted by atomic mass is 36.0. The number of fused-ring (bicyclic) bond motifs is 1. The van der Waals surface area contributed by atoms with Gasteiger partial charge in [0.15, 0.2) is 0 Å². The fraction of sp³-hybridized carbons (Fsp3) is 0. The molecule has 0 aliphatic heterocycles. The molecule has 0 spiro atoms. The molecule has 0 N–H and O–H groups in total. The van der Waals surface area contributed by atoms with E-state index in [9.17, 15) is 0 Å². The number of hydrogen-bond acceptors (Lipinski definition) is 2. The summed E-state index contributed by atoms with van der Waals surface area (Å²) in [5.74, 6) is 0. The van der Waals surface area contributed by atoms with Crippen LogP contribution in [0.15, 0.2) is 42.5 Å². The van der Waals surface area contributed by atoms with E-state index < -0.39 is 8.26 Å². The van der Waals surface area contributed by atoms with E-state index in [2.05, 4.69) is 33.5 Å².